The minimum Gasteiger partial charge on any atom is -0.450 e. The number of carbonyl (C=O) groups excluding carboxylic acids is 1. The standard InChI is InChI=1S/C19H29NO3S/c1-5-23-18(22)20-11-10-15(21)12-17(20)16-9-7-6-8-14(16)13-24-19(2,3)4/h6-9,15,17,21H,5,10-13H2,1-4H3. The molecule has 1 fully saturated rings. The molecule has 0 radical (unpaired) electrons. The van der Waals surface area contributed by atoms with Gasteiger partial charge in [-0.05, 0) is 30.9 Å². The summed E-state index contributed by atoms with van der Waals surface area (Å²) in [5.74, 6) is 0.892. The third-order valence-electron chi connectivity index (χ3n) is 4.15. The maximum absolute atomic E-state index is 12.3. The Labute approximate surface area is 149 Å². The van der Waals surface area contributed by atoms with E-state index in [0.29, 0.717) is 26.0 Å². The SMILES string of the molecule is CCOC(=O)N1CCC(O)CC1c1ccccc1CSC(C)(C)C. The third-order valence-corrected chi connectivity index (χ3v) is 5.47. The largest absolute Gasteiger partial charge is 0.450 e. The van der Waals surface area contributed by atoms with E-state index in [-0.39, 0.29) is 23.0 Å². The highest BCUT2D eigenvalue weighted by Crippen LogP contribution is 2.36. The Morgan fingerprint density at radius 3 is 2.75 bits per heavy atom. The molecule has 134 valence electrons. The molecule has 2 rings (SSSR count). The van der Waals surface area contributed by atoms with Crippen molar-refractivity contribution in [2.24, 2.45) is 0 Å². The van der Waals surface area contributed by atoms with Gasteiger partial charge in [0.1, 0.15) is 0 Å². The van der Waals surface area contributed by atoms with Crippen molar-refractivity contribution in [1.29, 1.82) is 0 Å². The molecule has 2 unspecified atom stereocenters. The van der Waals surface area contributed by atoms with E-state index in [1.165, 1.54) is 5.56 Å². The smallest absolute Gasteiger partial charge is 0.410 e. The molecule has 24 heavy (non-hydrogen) atoms. The monoisotopic (exact) mass is 351 g/mol. The minimum atomic E-state index is -0.371. The van der Waals surface area contributed by atoms with Crippen molar-refractivity contribution < 1.29 is 14.6 Å². The molecule has 2 atom stereocenters. The van der Waals surface area contributed by atoms with E-state index in [2.05, 4.69) is 32.9 Å². The molecule has 1 heterocycles. The fourth-order valence-corrected chi connectivity index (χ4v) is 3.80. The van der Waals surface area contributed by atoms with Gasteiger partial charge in [0, 0.05) is 17.0 Å². The molecular weight excluding hydrogens is 322 g/mol. The van der Waals surface area contributed by atoms with Crippen LogP contribution in [0.25, 0.3) is 0 Å². The first kappa shape index (κ1) is 19.1. The fraction of sp³-hybridized carbons (Fsp3) is 0.632. The van der Waals surface area contributed by atoms with E-state index in [4.69, 9.17) is 4.74 Å². The van der Waals surface area contributed by atoms with Crippen LogP contribution in [-0.4, -0.2) is 40.1 Å². The summed E-state index contributed by atoms with van der Waals surface area (Å²) in [7, 11) is 0. The normalized spacial score (nSPS) is 21.6. The number of benzene rings is 1. The number of likely N-dealkylation sites (tertiary alicyclic amines) is 1. The number of thioether (sulfide) groups is 1. The zero-order chi connectivity index (χ0) is 17.7. The molecule has 5 heteroatoms. The van der Waals surface area contributed by atoms with Crippen LogP contribution in [-0.2, 0) is 10.5 Å². The van der Waals surface area contributed by atoms with E-state index >= 15 is 0 Å². The molecule has 1 aliphatic heterocycles. The van der Waals surface area contributed by atoms with Crippen molar-refractivity contribution in [3.05, 3.63) is 35.4 Å². The summed E-state index contributed by atoms with van der Waals surface area (Å²) in [5.41, 5.74) is 2.35. The maximum atomic E-state index is 12.3. The molecule has 0 aliphatic carbocycles. The quantitative estimate of drug-likeness (QED) is 0.875. The second-order valence-electron chi connectivity index (χ2n) is 7.19. The van der Waals surface area contributed by atoms with Gasteiger partial charge in [0.25, 0.3) is 0 Å². The number of hydrogen-bond donors (Lipinski definition) is 1. The van der Waals surface area contributed by atoms with Crippen LogP contribution in [0, 0.1) is 0 Å². The van der Waals surface area contributed by atoms with Crippen LogP contribution >= 0.6 is 11.8 Å². The zero-order valence-electron chi connectivity index (χ0n) is 15.1. The predicted molar refractivity (Wildman–Crippen MR) is 99.2 cm³/mol. The van der Waals surface area contributed by atoms with E-state index in [1.807, 2.05) is 30.8 Å². The van der Waals surface area contributed by atoms with Gasteiger partial charge in [-0.2, -0.15) is 11.8 Å². The maximum Gasteiger partial charge on any atom is 0.410 e. The first-order valence-corrected chi connectivity index (χ1v) is 9.63. The molecule has 1 aromatic carbocycles. The lowest BCUT2D eigenvalue weighted by Gasteiger charge is -2.38. The van der Waals surface area contributed by atoms with Crippen molar-refractivity contribution in [1.82, 2.24) is 4.90 Å². The van der Waals surface area contributed by atoms with Crippen LogP contribution in [0.4, 0.5) is 4.79 Å². The fourth-order valence-electron chi connectivity index (χ4n) is 2.95. The first-order valence-electron chi connectivity index (χ1n) is 8.65. The van der Waals surface area contributed by atoms with Crippen LogP contribution in [0.5, 0.6) is 0 Å². The molecule has 1 amide bonds. The first-order chi connectivity index (χ1) is 11.3. The Morgan fingerprint density at radius 2 is 2.08 bits per heavy atom. The number of aliphatic hydroxyl groups is 1. The van der Waals surface area contributed by atoms with Gasteiger partial charge in [0.05, 0.1) is 18.8 Å². The second-order valence-corrected chi connectivity index (χ2v) is 8.99. The second kappa shape index (κ2) is 8.26. The number of amides is 1. The third kappa shape index (κ3) is 5.15. The van der Waals surface area contributed by atoms with Crippen LogP contribution in [0.3, 0.4) is 0 Å². The number of carbonyl (C=O) groups is 1. The number of aliphatic hydroxyl groups excluding tert-OH is 1. The average molecular weight is 352 g/mol. The molecule has 4 nitrogen and oxygen atoms in total. The highest BCUT2D eigenvalue weighted by atomic mass is 32.2. The van der Waals surface area contributed by atoms with E-state index in [1.54, 1.807) is 4.90 Å². The van der Waals surface area contributed by atoms with Gasteiger partial charge in [0.2, 0.25) is 0 Å². The van der Waals surface area contributed by atoms with E-state index < -0.39 is 0 Å². The van der Waals surface area contributed by atoms with Crippen molar-refractivity contribution in [3.63, 3.8) is 0 Å². The van der Waals surface area contributed by atoms with Crippen molar-refractivity contribution in [2.45, 2.75) is 63.2 Å². The summed E-state index contributed by atoms with van der Waals surface area (Å²) < 4.78 is 5.40. The molecule has 1 saturated heterocycles. The van der Waals surface area contributed by atoms with E-state index in [0.717, 1.165) is 11.3 Å². The molecule has 1 aromatic rings. The van der Waals surface area contributed by atoms with Gasteiger partial charge in [-0.3, -0.25) is 0 Å². The number of rotatable bonds is 4. The topological polar surface area (TPSA) is 49.8 Å². The Bertz CT molecular complexity index is 556. The van der Waals surface area contributed by atoms with Crippen LogP contribution < -0.4 is 0 Å². The zero-order valence-corrected chi connectivity index (χ0v) is 15.9. The number of nitrogens with zero attached hydrogens (tertiary/aromatic N) is 1. The molecule has 1 N–H and O–H groups in total. The summed E-state index contributed by atoms with van der Waals surface area (Å²) in [5, 5.41) is 10.1. The van der Waals surface area contributed by atoms with Crippen molar-refractivity contribution >= 4 is 17.9 Å². The molecule has 0 aromatic heterocycles. The van der Waals surface area contributed by atoms with Gasteiger partial charge in [0.15, 0.2) is 0 Å². The minimum absolute atomic E-state index is 0.121. The Morgan fingerprint density at radius 1 is 1.38 bits per heavy atom. The lowest BCUT2D eigenvalue weighted by Crippen LogP contribution is -2.43. The molecule has 0 spiro atoms. The molecule has 0 bridgehead atoms. The van der Waals surface area contributed by atoms with Crippen molar-refractivity contribution in [3.8, 4) is 0 Å². The predicted octanol–water partition coefficient (Wildman–Crippen LogP) is 4.37. The molecule has 1 aliphatic rings. The average Bonchev–Trinajstić information content (AvgIpc) is 2.52. The number of hydrogen-bond acceptors (Lipinski definition) is 4. The Kier molecular flexibility index (Phi) is 6.58. The summed E-state index contributed by atoms with van der Waals surface area (Å²) >= 11 is 1.89. The summed E-state index contributed by atoms with van der Waals surface area (Å²) in [4.78, 5) is 14.1. The van der Waals surface area contributed by atoms with Crippen LogP contribution in [0.15, 0.2) is 24.3 Å². The molecular formula is C19H29NO3S. The van der Waals surface area contributed by atoms with Gasteiger partial charge in [-0.25, -0.2) is 4.79 Å². The highest BCUT2D eigenvalue weighted by molar-refractivity contribution is 7.99. The lowest BCUT2D eigenvalue weighted by atomic mass is 9.91. The highest BCUT2D eigenvalue weighted by Gasteiger charge is 2.34. The lowest BCUT2D eigenvalue weighted by molar-refractivity contribution is 0.0300. The van der Waals surface area contributed by atoms with E-state index in [9.17, 15) is 9.90 Å². The number of piperidine rings is 1. The Hall–Kier alpha value is -1.20. The number of ether oxygens (including phenoxy) is 1. The summed E-state index contributed by atoms with van der Waals surface area (Å²) in [6.07, 6.45) is 0.515. The summed E-state index contributed by atoms with van der Waals surface area (Å²) in [6, 6.07) is 8.12. The summed E-state index contributed by atoms with van der Waals surface area (Å²) in [6.45, 7) is 9.33. The van der Waals surface area contributed by atoms with Gasteiger partial charge >= 0.3 is 6.09 Å². The van der Waals surface area contributed by atoms with Crippen molar-refractivity contribution in [2.75, 3.05) is 13.2 Å². The molecule has 0 saturated carbocycles. The van der Waals surface area contributed by atoms with Gasteiger partial charge in [-0.15, -0.1) is 0 Å². The van der Waals surface area contributed by atoms with Crippen LogP contribution in [0.2, 0.25) is 0 Å². The van der Waals surface area contributed by atoms with Crippen LogP contribution in [0.1, 0.15) is 57.7 Å². The Balaban J connectivity index is 2.27. The van der Waals surface area contributed by atoms with Gasteiger partial charge < -0.3 is 14.7 Å². The van der Waals surface area contributed by atoms with Gasteiger partial charge in [-0.1, -0.05) is 45.0 Å².